The van der Waals surface area contributed by atoms with Crippen molar-refractivity contribution < 1.29 is 4.84 Å². The zero-order chi connectivity index (χ0) is 15.3. The number of benzene rings is 1. The largest absolute Gasteiger partial charge is 0.391 e. The van der Waals surface area contributed by atoms with Crippen LogP contribution in [0.25, 0.3) is 0 Å². The molecule has 5 heteroatoms. The zero-order valence-electron chi connectivity index (χ0n) is 12.6. The normalized spacial score (nSPS) is 12.5. The monoisotopic (exact) mass is 305 g/mol. The van der Waals surface area contributed by atoms with E-state index in [1.54, 1.807) is 12.5 Å². The second-order valence-electron chi connectivity index (χ2n) is 5.93. The number of hydrogen-bond acceptors (Lipinski definition) is 3. The van der Waals surface area contributed by atoms with E-state index in [-0.39, 0.29) is 5.41 Å². The summed E-state index contributed by atoms with van der Waals surface area (Å²) in [6.07, 6.45) is 5.45. The van der Waals surface area contributed by atoms with E-state index in [1.165, 1.54) is 0 Å². The van der Waals surface area contributed by atoms with Crippen LogP contribution in [-0.2, 0) is 18.0 Å². The third-order valence-corrected chi connectivity index (χ3v) is 3.29. The fourth-order valence-electron chi connectivity index (χ4n) is 1.77. The first-order valence-corrected chi connectivity index (χ1v) is 7.22. The van der Waals surface area contributed by atoms with Gasteiger partial charge in [0.1, 0.15) is 6.61 Å². The van der Waals surface area contributed by atoms with Crippen LogP contribution in [0, 0.1) is 5.41 Å². The van der Waals surface area contributed by atoms with Crippen molar-refractivity contribution in [3.63, 3.8) is 0 Å². The first-order valence-electron chi connectivity index (χ1n) is 6.84. The molecule has 0 saturated heterocycles. The smallest absolute Gasteiger partial charge is 0.142 e. The van der Waals surface area contributed by atoms with E-state index >= 15 is 0 Å². The first-order chi connectivity index (χ1) is 9.95. The van der Waals surface area contributed by atoms with Gasteiger partial charge in [0, 0.05) is 22.8 Å². The molecule has 0 N–H and O–H groups in total. The van der Waals surface area contributed by atoms with E-state index in [1.807, 2.05) is 35.0 Å². The molecule has 0 bridgehead atoms. The van der Waals surface area contributed by atoms with Gasteiger partial charge in [0.15, 0.2) is 0 Å². The summed E-state index contributed by atoms with van der Waals surface area (Å²) in [4.78, 5) is 9.56. The van der Waals surface area contributed by atoms with E-state index in [2.05, 4.69) is 30.9 Å². The number of imidazole rings is 1. The van der Waals surface area contributed by atoms with Crippen LogP contribution >= 0.6 is 11.6 Å². The molecule has 0 radical (unpaired) electrons. The lowest BCUT2D eigenvalue weighted by molar-refractivity contribution is 0.126. The van der Waals surface area contributed by atoms with Gasteiger partial charge in [0.2, 0.25) is 0 Å². The molecule has 1 aromatic carbocycles. The van der Waals surface area contributed by atoms with Gasteiger partial charge >= 0.3 is 0 Å². The summed E-state index contributed by atoms with van der Waals surface area (Å²) in [6.45, 7) is 7.42. The van der Waals surface area contributed by atoms with Crippen LogP contribution in [0.2, 0.25) is 5.02 Å². The third kappa shape index (κ3) is 4.90. The Labute approximate surface area is 130 Å². The molecule has 4 nitrogen and oxygen atoms in total. The highest BCUT2D eigenvalue weighted by Gasteiger charge is 2.20. The van der Waals surface area contributed by atoms with Crippen molar-refractivity contribution in [1.82, 2.24) is 9.55 Å². The molecule has 1 aromatic heterocycles. The SMILES string of the molecule is CC(C)(C)/C(Cn1ccnc1)=N/OCc1cccc(Cl)c1. The van der Waals surface area contributed by atoms with Crippen molar-refractivity contribution in [1.29, 1.82) is 0 Å². The lowest BCUT2D eigenvalue weighted by atomic mass is 9.90. The van der Waals surface area contributed by atoms with Crippen LogP contribution in [0.3, 0.4) is 0 Å². The number of nitrogens with zero attached hydrogens (tertiary/aromatic N) is 3. The van der Waals surface area contributed by atoms with Crippen molar-refractivity contribution in [2.75, 3.05) is 0 Å². The molecular formula is C16H20ClN3O. The van der Waals surface area contributed by atoms with E-state index in [0.717, 1.165) is 11.3 Å². The van der Waals surface area contributed by atoms with Crippen LogP contribution in [0.4, 0.5) is 0 Å². The molecule has 2 aromatic rings. The highest BCUT2D eigenvalue weighted by atomic mass is 35.5. The molecule has 0 aliphatic heterocycles. The minimum absolute atomic E-state index is 0.0708. The minimum atomic E-state index is -0.0708. The molecule has 0 saturated carbocycles. The maximum absolute atomic E-state index is 5.95. The van der Waals surface area contributed by atoms with Crippen LogP contribution < -0.4 is 0 Å². The van der Waals surface area contributed by atoms with Crippen molar-refractivity contribution in [2.45, 2.75) is 33.9 Å². The first kappa shape index (κ1) is 15.6. The van der Waals surface area contributed by atoms with Gasteiger partial charge in [-0.15, -0.1) is 0 Å². The molecule has 0 spiro atoms. The Kier molecular flexibility index (Phi) is 5.02. The van der Waals surface area contributed by atoms with E-state index in [0.29, 0.717) is 18.2 Å². The van der Waals surface area contributed by atoms with Crippen LogP contribution in [-0.4, -0.2) is 15.3 Å². The molecule has 0 unspecified atom stereocenters. The molecule has 0 amide bonds. The van der Waals surface area contributed by atoms with Crippen molar-refractivity contribution in [3.8, 4) is 0 Å². The zero-order valence-corrected chi connectivity index (χ0v) is 13.3. The minimum Gasteiger partial charge on any atom is -0.391 e. The summed E-state index contributed by atoms with van der Waals surface area (Å²) in [5.74, 6) is 0. The van der Waals surface area contributed by atoms with Gasteiger partial charge in [0.05, 0.1) is 18.6 Å². The van der Waals surface area contributed by atoms with Gasteiger partial charge in [-0.2, -0.15) is 0 Å². The lowest BCUT2D eigenvalue weighted by Gasteiger charge is -2.21. The molecule has 0 atom stereocenters. The van der Waals surface area contributed by atoms with Crippen LogP contribution in [0.5, 0.6) is 0 Å². The standard InChI is InChI=1S/C16H20ClN3O/c1-16(2,3)15(10-20-8-7-18-12-20)19-21-11-13-5-4-6-14(17)9-13/h4-9,12H,10-11H2,1-3H3/b19-15+. The van der Waals surface area contributed by atoms with Crippen molar-refractivity contribution >= 4 is 17.3 Å². The number of halogens is 1. The fourth-order valence-corrected chi connectivity index (χ4v) is 1.98. The lowest BCUT2D eigenvalue weighted by Crippen LogP contribution is -2.25. The Morgan fingerprint density at radius 3 is 2.81 bits per heavy atom. The quantitative estimate of drug-likeness (QED) is 0.615. The molecule has 21 heavy (non-hydrogen) atoms. The summed E-state index contributed by atoms with van der Waals surface area (Å²) >= 11 is 5.95. The van der Waals surface area contributed by atoms with E-state index in [9.17, 15) is 0 Å². The molecule has 0 fully saturated rings. The van der Waals surface area contributed by atoms with Crippen LogP contribution in [0.15, 0.2) is 48.1 Å². The Bertz CT molecular complexity index is 600. The predicted molar refractivity (Wildman–Crippen MR) is 85.4 cm³/mol. The van der Waals surface area contributed by atoms with Gasteiger partial charge < -0.3 is 9.40 Å². The number of aromatic nitrogens is 2. The average molecular weight is 306 g/mol. The predicted octanol–water partition coefficient (Wildman–Crippen LogP) is 4.16. The Morgan fingerprint density at radius 2 is 2.19 bits per heavy atom. The molecule has 1 heterocycles. The van der Waals surface area contributed by atoms with Gasteiger partial charge in [-0.05, 0) is 17.7 Å². The van der Waals surface area contributed by atoms with Crippen molar-refractivity contribution in [3.05, 3.63) is 53.6 Å². The van der Waals surface area contributed by atoms with E-state index < -0.39 is 0 Å². The number of oxime groups is 1. The topological polar surface area (TPSA) is 39.4 Å². The molecule has 2 rings (SSSR count). The molecular weight excluding hydrogens is 286 g/mol. The molecule has 0 aliphatic rings. The Morgan fingerprint density at radius 1 is 1.38 bits per heavy atom. The molecule has 0 aliphatic carbocycles. The highest BCUT2D eigenvalue weighted by molar-refractivity contribution is 6.30. The summed E-state index contributed by atoms with van der Waals surface area (Å²) < 4.78 is 1.98. The summed E-state index contributed by atoms with van der Waals surface area (Å²) in [5, 5.41) is 5.02. The maximum atomic E-state index is 5.95. The van der Waals surface area contributed by atoms with Gasteiger partial charge in [-0.1, -0.05) is 49.7 Å². The maximum Gasteiger partial charge on any atom is 0.142 e. The number of hydrogen-bond donors (Lipinski definition) is 0. The summed E-state index contributed by atoms with van der Waals surface area (Å²) in [5.41, 5.74) is 1.89. The van der Waals surface area contributed by atoms with Gasteiger partial charge in [0.25, 0.3) is 0 Å². The Balaban J connectivity index is 2.03. The highest BCUT2D eigenvalue weighted by Crippen LogP contribution is 2.18. The van der Waals surface area contributed by atoms with Gasteiger partial charge in [-0.3, -0.25) is 0 Å². The second-order valence-corrected chi connectivity index (χ2v) is 6.36. The summed E-state index contributed by atoms with van der Waals surface area (Å²) in [6, 6.07) is 7.59. The third-order valence-electron chi connectivity index (χ3n) is 3.05. The molecule has 112 valence electrons. The van der Waals surface area contributed by atoms with Crippen molar-refractivity contribution in [2.24, 2.45) is 10.6 Å². The van der Waals surface area contributed by atoms with Gasteiger partial charge in [-0.25, -0.2) is 4.98 Å². The summed E-state index contributed by atoms with van der Waals surface area (Å²) in [7, 11) is 0. The fraction of sp³-hybridized carbons (Fsp3) is 0.375. The second kappa shape index (κ2) is 6.76. The van der Waals surface area contributed by atoms with E-state index in [4.69, 9.17) is 16.4 Å². The number of rotatable bonds is 5. The Hall–Kier alpha value is -1.81. The van der Waals surface area contributed by atoms with Crippen LogP contribution in [0.1, 0.15) is 26.3 Å². The average Bonchev–Trinajstić information content (AvgIpc) is 2.89.